The fourth-order valence-electron chi connectivity index (χ4n) is 3.40. The Bertz CT molecular complexity index is 624. The van der Waals surface area contributed by atoms with Crippen LogP contribution in [0.5, 0.6) is 5.75 Å². The molecule has 1 aromatic carbocycles. The summed E-state index contributed by atoms with van der Waals surface area (Å²) in [6, 6.07) is 11.7. The van der Waals surface area contributed by atoms with Gasteiger partial charge in [0.15, 0.2) is 0 Å². The highest BCUT2D eigenvalue weighted by Gasteiger charge is 2.25. The van der Waals surface area contributed by atoms with Gasteiger partial charge in [-0.05, 0) is 61.1 Å². The maximum Gasteiger partial charge on any atom is 0.129 e. The molecule has 0 unspecified atom stereocenters. The van der Waals surface area contributed by atoms with Crippen LogP contribution in [0.25, 0.3) is 0 Å². The standard InChI is InChI=1S/C19H23ClN2O2/c20-19-11-15(8-9-21-19)13-22(16-4-6-17(23)7-5-16)12-14-2-1-3-18(24)10-14/h1-3,8-11,16-17,23-24H,4-7,12-13H2. The summed E-state index contributed by atoms with van der Waals surface area (Å²) in [6.07, 6.45) is 5.22. The zero-order valence-electron chi connectivity index (χ0n) is 13.6. The molecule has 24 heavy (non-hydrogen) atoms. The van der Waals surface area contributed by atoms with E-state index in [1.54, 1.807) is 12.3 Å². The Balaban J connectivity index is 1.77. The molecule has 1 aliphatic rings. The summed E-state index contributed by atoms with van der Waals surface area (Å²) >= 11 is 6.02. The van der Waals surface area contributed by atoms with Crippen molar-refractivity contribution >= 4 is 11.6 Å². The second-order valence-corrected chi connectivity index (χ2v) is 6.91. The van der Waals surface area contributed by atoms with Crippen molar-refractivity contribution in [3.8, 4) is 5.75 Å². The third-order valence-electron chi connectivity index (χ3n) is 4.66. The van der Waals surface area contributed by atoms with E-state index < -0.39 is 0 Å². The Labute approximate surface area is 147 Å². The molecule has 1 fully saturated rings. The molecule has 128 valence electrons. The number of phenolic OH excluding ortho intramolecular Hbond substituents is 1. The van der Waals surface area contributed by atoms with E-state index in [1.165, 1.54) is 0 Å². The molecular formula is C19H23ClN2O2. The maximum atomic E-state index is 9.78. The number of pyridine rings is 1. The van der Waals surface area contributed by atoms with Crippen LogP contribution in [-0.4, -0.2) is 32.2 Å². The largest absolute Gasteiger partial charge is 0.508 e. The number of aromatic nitrogens is 1. The van der Waals surface area contributed by atoms with Gasteiger partial charge in [0.05, 0.1) is 6.10 Å². The molecule has 3 rings (SSSR count). The highest BCUT2D eigenvalue weighted by molar-refractivity contribution is 6.29. The Morgan fingerprint density at radius 1 is 1.04 bits per heavy atom. The Morgan fingerprint density at radius 2 is 1.75 bits per heavy atom. The number of aliphatic hydroxyl groups excluding tert-OH is 1. The minimum absolute atomic E-state index is 0.167. The zero-order valence-corrected chi connectivity index (χ0v) is 14.4. The quantitative estimate of drug-likeness (QED) is 0.810. The van der Waals surface area contributed by atoms with Gasteiger partial charge >= 0.3 is 0 Å². The molecule has 0 radical (unpaired) electrons. The Hall–Kier alpha value is -1.62. The van der Waals surface area contributed by atoms with Gasteiger partial charge in [-0.15, -0.1) is 0 Å². The molecule has 1 aliphatic carbocycles. The lowest BCUT2D eigenvalue weighted by Gasteiger charge is -2.36. The second-order valence-electron chi connectivity index (χ2n) is 6.52. The zero-order chi connectivity index (χ0) is 16.9. The topological polar surface area (TPSA) is 56.6 Å². The molecule has 0 aliphatic heterocycles. The van der Waals surface area contributed by atoms with Gasteiger partial charge in [0.1, 0.15) is 10.9 Å². The number of phenols is 1. The first-order chi connectivity index (χ1) is 11.6. The highest BCUT2D eigenvalue weighted by Crippen LogP contribution is 2.27. The average molecular weight is 347 g/mol. The average Bonchev–Trinajstić information content (AvgIpc) is 2.55. The van der Waals surface area contributed by atoms with E-state index in [0.717, 1.165) is 49.9 Å². The minimum Gasteiger partial charge on any atom is -0.508 e. The van der Waals surface area contributed by atoms with Gasteiger partial charge < -0.3 is 10.2 Å². The van der Waals surface area contributed by atoms with Gasteiger partial charge in [0, 0.05) is 25.3 Å². The van der Waals surface area contributed by atoms with E-state index in [0.29, 0.717) is 16.9 Å². The maximum absolute atomic E-state index is 9.78. The lowest BCUT2D eigenvalue weighted by atomic mass is 9.91. The van der Waals surface area contributed by atoms with Gasteiger partial charge in [0.2, 0.25) is 0 Å². The molecule has 1 heterocycles. The number of rotatable bonds is 5. The molecule has 2 aromatic rings. The first-order valence-corrected chi connectivity index (χ1v) is 8.78. The monoisotopic (exact) mass is 346 g/mol. The van der Waals surface area contributed by atoms with Crippen molar-refractivity contribution in [1.82, 2.24) is 9.88 Å². The highest BCUT2D eigenvalue weighted by atomic mass is 35.5. The first-order valence-electron chi connectivity index (χ1n) is 8.40. The first kappa shape index (κ1) is 17.2. The predicted molar refractivity (Wildman–Crippen MR) is 94.9 cm³/mol. The third kappa shape index (κ3) is 4.69. The molecule has 4 nitrogen and oxygen atoms in total. The number of hydrogen-bond acceptors (Lipinski definition) is 4. The summed E-state index contributed by atoms with van der Waals surface area (Å²) in [7, 11) is 0. The summed E-state index contributed by atoms with van der Waals surface area (Å²) < 4.78 is 0. The molecule has 0 atom stereocenters. The summed E-state index contributed by atoms with van der Waals surface area (Å²) in [6.45, 7) is 1.54. The van der Waals surface area contributed by atoms with Crippen molar-refractivity contribution in [2.45, 2.75) is 50.9 Å². The number of aliphatic hydroxyl groups is 1. The summed E-state index contributed by atoms with van der Waals surface area (Å²) in [5.41, 5.74) is 2.21. The van der Waals surface area contributed by atoms with E-state index in [-0.39, 0.29) is 6.10 Å². The molecule has 1 saturated carbocycles. The molecular weight excluding hydrogens is 324 g/mol. The Morgan fingerprint density at radius 3 is 2.42 bits per heavy atom. The fourth-order valence-corrected chi connectivity index (χ4v) is 3.60. The number of hydrogen-bond donors (Lipinski definition) is 2. The Kier molecular flexibility index (Phi) is 5.72. The van der Waals surface area contributed by atoms with Crippen LogP contribution >= 0.6 is 11.6 Å². The molecule has 0 bridgehead atoms. The lowest BCUT2D eigenvalue weighted by molar-refractivity contribution is 0.0665. The minimum atomic E-state index is -0.167. The van der Waals surface area contributed by atoms with E-state index in [2.05, 4.69) is 9.88 Å². The van der Waals surface area contributed by atoms with E-state index >= 15 is 0 Å². The van der Waals surface area contributed by atoms with E-state index in [4.69, 9.17) is 11.6 Å². The number of halogens is 1. The third-order valence-corrected chi connectivity index (χ3v) is 4.86. The summed E-state index contributed by atoms with van der Waals surface area (Å²) in [5.74, 6) is 0.290. The second kappa shape index (κ2) is 7.97. The number of aromatic hydroxyl groups is 1. The van der Waals surface area contributed by atoms with Crippen LogP contribution in [0.2, 0.25) is 5.15 Å². The van der Waals surface area contributed by atoms with Crippen LogP contribution in [0.15, 0.2) is 42.6 Å². The van der Waals surface area contributed by atoms with Gasteiger partial charge in [-0.25, -0.2) is 4.98 Å². The van der Waals surface area contributed by atoms with Crippen molar-refractivity contribution in [2.75, 3.05) is 0 Å². The van der Waals surface area contributed by atoms with Crippen LogP contribution in [-0.2, 0) is 13.1 Å². The number of benzene rings is 1. The SMILES string of the molecule is Oc1cccc(CN(Cc2ccnc(Cl)c2)C2CCC(O)CC2)c1. The fraction of sp³-hybridized carbons (Fsp3) is 0.421. The molecule has 0 saturated heterocycles. The van der Waals surface area contributed by atoms with Gasteiger partial charge in [-0.1, -0.05) is 23.7 Å². The van der Waals surface area contributed by atoms with Crippen molar-refractivity contribution < 1.29 is 10.2 Å². The van der Waals surface area contributed by atoms with E-state index in [1.807, 2.05) is 30.3 Å². The molecule has 0 amide bonds. The molecule has 0 spiro atoms. The van der Waals surface area contributed by atoms with Crippen molar-refractivity contribution in [2.24, 2.45) is 0 Å². The van der Waals surface area contributed by atoms with Crippen molar-refractivity contribution in [1.29, 1.82) is 0 Å². The number of nitrogens with zero attached hydrogens (tertiary/aromatic N) is 2. The van der Waals surface area contributed by atoms with E-state index in [9.17, 15) is 10.2 Å². The van der Waals surface area contributed by atoms with Crippen molar-refractivity contribution in [3.05, 3.63) is 58.9 Å². The predicted octanol–water partition coefficient (Wildman–Crippen LogP) is 3.75. The summed E-state index contributed by atoms with van der Waals surface area (Å²) in [5, 5.41) is 20.0. The van der Waals surface area contributed by atoms with Gasteiger partial charge in [0.25, 0.3) is 0 Å². The van der Waals surface area contributed by atoms with Crippen LogP contribution in [0.1, 0.15) is 36.8 Å². The molecule has 2 N–H and O–H groups in total. The van der Waals surface area contributed by atoms with Crippen LogP contribution in [0, 0.1) is 0 Å². The normalized spacial score (nSPS) is 21.1. The van der Waals surface area contributed by atoms with Crippen molar-refractivity contribution in [3.63, 3.8) is 0 Å². The summed E-state index contributed by atoms with van der Waals surface area (Å²) in [4.78, 5) is 6.45. The van der Waals surface area contributed by atoms with Gasteiger partial charge in [-0.2, -0.15) is 0 Å². The van der Waals surface area contributed by atoms with Gasteiger partial charge in [-0.3, -0.25) is 4.90 Å². The van der Waals surface area contributed by atoms with Crippen LogP contribution in [0.3, 0.4) is 0 Å². The van der Waals surface area contributed by atoms with Crippen LogP contribution < -0.4 is 0 Å². The smallest absolute Gasteiger partial charge is 0.129 e. The lowest BCUT2D eigenvalue weighted by Crippen LogP contribution is -2.38. The molecule has 1 aromatic heterocycles. The molecule has 5 heteroatoms. The van der Waals surface area contributed by atoms with Crippen LogP contribution in [0.4, 0.5) is 0 Å².